The van der Waals surface area contributed by atoms with Gasteiger partial charge in [-0.05, 0) is 29.2 Å². The van der Waals surface area contributed by atoms with Crippen LogP contribution in [0.4, 0.5) is 0 Å². The summed E-state index contributed by atoms with van der Waals surface area (Å²) in [6, 6.07) is 5.60. The molecule has 0 amide bonds. The Hall–Kier alpha value is -1.28. The predicted molar refractivity (Wildman–Crippen MR) is 60.3 cm³/mol. The molecular formula is C12H17NO. The van der Waals surface area contributed by atoms with E-state index in [1.54, 1.807) is 12.1 Å². The van der Waals surface area contributed by atoms with Crippen LogP contribution in [0.25, 0.3) is 6.08 Å². The zero-order valence-corrected chi connectivity index (χ0v) is 8.70. The van der Waals surface area contributed by atoms with E-state index in [4.69, 9.17) is 5.73 Å². The molecule has 3 N–H and O–H groups in total. The number of benzene rings is 1. The van der Waals surface area contributed by atoms with Crippen molar-refractivity contribution in [3.63, 3.8) is 0 Å². The summed E-state index contributed by atoms with van der Waals surface area (Å²) in [5.74, 6) is 0.736. The first-order chi connectivity index (χ1) is 6.63. The zero-order chi connectivity index (χ0) is 10.6. The molecule has 1 rings (SSSR count). The van der Waals surface area contributed by atoms with Gasteiger partial charge < -0.3 is 10.8 Å². The highest BCUT2D eigenvalue weighted by Crippen LogP contribution is 2.22. The van der Waals surface area contributed by atoms with Crippen molar-refractivity contribution in [1.29, 1.82) is 0 Å². The van der Waals surface area contributed by atoms with Crippen LogP contribution in [-0.4, -0.2) is 11.7 Å². The molecule has 0 aromatic heterocycles. The first-order valence-electron chi connectivity index (χ1n) is 4.84. The number of hydrogen-bond acceptors (Lipinski definition) is 2. The maximum absolute atomic E-state index is 9.48. The molecule has 1 aromatic rings. The van der Waals surface area contributed by atoms with Gasteiger partial charge in [-0.1, -0.05) is 32.1 Å². The summed E-state index contributed by atoms with van der Waals surface area (Å²) in [5, 5.41) is 9.48. The van der Waals surface area contributed by atoms with Crippen molar-refractivity contribution in [3.05, 3.63) is 35.4 Å². The largest absolute Gasteiger partial charge is 0.508 e. The highest BCUT2D eigenvalue weighted by Gasteiger charge is 2.01. The third-order valence-electron chi connectivity index (χ3n) is 2.08. The maximum Gasteiger partial charge on any atom is 0.116 e. The summed E-state index contributed by atoms with van der Waals surface area (Å²) >= 11 is 0. The van der Waals surface area contributed by atoms with E-state index in [0.717, 1.165) is 11.1 Å². The molecule has 2 heteroatoms. The summed E-state index contributed by atoms with van der Waals surface area (Å²) in [6.45, 7) is 4.73. The minimum Gasteiger partial charge on any atom is -0.508 e. The van der Waals surface area contributed by atoms with Crippen LogP contribution < -0.4 is 5.73 Å². The minimum atomic E-state index is 0.313. The van der Waals surface area contributed by atoms with Crippen molar-refractivity contribution >= 4 is 6.08 Å². The molecule has 0 unspecified atom stereocenters. The molecule has 0 radical (unpaired) electrons. The van der Waals surface area contributed by atoms with E-state index in [2.05, 4.69) is 19.9 Å². The number of phenols is 1. The van der Waals surface area contributed by atoms with Crippen LogP contribution in [0.3, 0.4) is 0 Å². The van der Waals surface area contributed by atoms with Crippen LogP contribution >= 0.6 is 0 Å². The van der Waals surface area contributed by atoms with Gasteiger partial charge in [0.05, 0.1) is 0 Å². The second kappa shape index (κ2) is 4.82. The molecule has 0 saturated carbocycles. The summed E-state index contributed by atoms with van der Waals surface area (Å²) in [5.41, 5.74) is 7.50. The average Bonchev–Trinajstić information content (AvgIpc) is 2.14. The standard InChI is InChI=1S/C12H17NO/c1-9(2)11-6-10(4-3-5-13)7-12(14)8-11/h3-4,6-9,14H,5,13H2,1-2H3/b4-3+. The van der Waals surface area contributed by atoms with Crippen LogP contribution in [0.2, 0.25) is 0 Å². The Morgan fingerprint density at radius 2 is 2.07 bits per heavy atom. The number of rotatable bonds is 3. The fourth-order valence-electron chi connectivity index (χ4n) is 1.29. The first-order valence-corrected chi connectivity index (χ1v) is 4.84. The van der Waals surface area contributed by atoms with E-state index in [1.807, 2.05) is 12.2 Å². The minimum absolute atomic E-state index is 0.313. The topological polar surface area (TPSA) is 46.2 Å². The summed E-state index contributed by atoms with van der Waals surface area (Å²) in [4.78, 5) is 0. The lowest BCUT2D eigenvalue weighted by atomic mass is 10.0. The quantitative estimate of drug-likeness (QED) is 0.771. The number of phenolic OH excluding ortho intramolecular Hbond substituents is 1. The van der Waals surface area contributed by atoms with Gasteiger partial charge in [0.25, 0.3) is 0 Å². The highest BCUT2D eigenvalue weighted by molar-refractivity contribution is 5.53. The molecule has 2 nitrogen and oxygen atoms in total. The molecule has 0 aliphatic rings. The second-order valence-corrected chi connectivity index (χ2v) is 3.65. The Bertz CT molecular complexity index is 329. The maximum atomic E-state index is 9.48. The predicted octanol–water partition coefficient (Wildman–Crippen LogP) is 2.49. The van der Waals surface area contributed by atoms with Crippen LogP contribution in [0.1, 0.15) is 30.9 Å². The van der Waals surface area contributed by atoms with Gasteiger partial charge >= 0.3 is 0 Å². The van der Waals surface area contributed by atoms with Crippen LogP contribution in [-0.2, 0) is 0 Å². The van der Waals surface area contributed by atoms with Gasteiger partial charge in [-0.15, -0.1) is 0 Å². The van der Waals surface area contributed by atoms with Gasteiger partial charge in [-0.25, -0.2) is 0 Å². The van der Waals surface area contributed by atoms with Crippen molar-refractivity contribution < 1.29 is 5.11 Å². The molecule has 1 aromatic carbocycles. The van der Waals surface area contributed by atoms with Crippen molar-refractivity contribution in [2.24, 2.45) is 5.73 Å². The highest BCUT2D eigenvalue weighted by atomic mass is 16.3. The second-order valence-electron chi connectivity index (χ2n) is 3.65. The van der Waals surface area contributed by atoms with E-state index in [9.17, 15) is 5.11 Å². The molecule has 0 aliphatic heterocycles. The lowest BCUT2D eigenvalue weighted by molar-refractivity contribution is 0.474. The molecular weight excluding hydrogens is 174 g/mol. The van der Waals surface area contributed by atoms with E-state index >= 15 is 0 Å². The van der Waals surface area contributed by atoms with Crippen LogP contribution in [0.15, 0.2) is 24.3 Å². The van der Waals surface area contributed by atoms with E-state index in [-0.39, 0.29) is 0 Å². The molecule has 76 valence electrons. The van der Waals surface area contributed by atoms with Gasteiger partial charge in [0.2, 0.25) is 0 Å². The van der Waals surface area contributed by atoms with Crippen molar-refractivity contribution in [3.8, 4) is 5.75 Å². The Labute approximate surface area is 85.1 Å². The summed E-state index contributed by atoms with van der Waals surface area (Å²) in [6.07, 6.45) is 3.80. The Balaban J connectivity index is 3.01. The van der Waals surface area contributed by atoms with Crippen molar-refractivity contribution in [2.45, 2.75) is 19.8 Å². The molecule has 14 heavy (non-hydrogen) atoms. The van der Waals surface area contributed by atoms with Gasteiger partial charge in [0.15, 0.2) is 0 Å². The molecule has 0 fully saturated rings. The van der Waals surface area contributed by atoms with Gasteiger partial charge in [0, 0.05) is 6.54 Å². The third-order valence-corrected chi connectivity index (χ3v) is 2.08. The summed E-state index contributed by atoms with van der Waals surface area (Å²) < 4.78 is 0. The molecule has 0 bridgehead atoms. The number of hydrogen-bond donors (Lipinski definition) is 2. The molecule has 0 heterocycles. The SMILES string of the molecule is CC(C)c1cc(O)cc(/C=C/CN)c1. The van der Waals surface area contributed by atoms with Crippen LogP contribution in [0, 0.1) is 0 Å². The average molecular weight is 191 g/mol. The zero-order valence-electron chi connectivity index (χ0n) is 8.70. The number of aromatic hydroxyl groups is 1. The van der Waals surface area contributed by atoms with E-state index < -0.39 is 0 Å². The van der Waals surface area contributed by atoms with Crippen molar-refractivity contribution in [2.75, 3.05) is 6.54 Å². The van der Waals surface area contributed by atoms with Gasteiger partial charge in [0.1, 0.15) is 5.75 Å². The van der Waals surface area contributed by atoms with Crippen LogP contribution in [0.5, 0.6) is 5.75 Å². The van der Waals surface area contributed by atoms with E-state index in [1.165, 1.54) is 0 Å². The monoisotopic (exact) mass is 191 g/mol. The lowest BCUT2D eigenvalue weighted by Crippen LogP contribution is -1.92. The smallest absolute Gasteiger partial charge is 0.116 e. The van der Waals surface area contributed by atoms with Gasteiger partial charge in [-0.3, -0.25) is 0 Å². The third kappa shape index (κ3) is 2.89. The molecule has 0 atom stereocenters. The van der Waals surface area contributed by atoms with Crippen molar-refractivity contribution in [1.82, 2.24) is 0 Å². The Morgan fingerprint density at radius 1 is 1.36 bits per heavy atom. The molecule has 0 spiro atoms. The number of nitrogens with two attached hydrogens (primary N) is 1. The summed E-state index contributed by atoms with van der Waals surface area (Å²) in [7, 11) is 0. The fraction of sp³-hybridized carbons (Fsp3) is 0.333. The van der Waals surface area contributed by atoms with E-state index in [0.29, 0.717) is 18.2 Å². The molecule has 0 saturated heterocycles. The Kier molecular flexibility index (Phi) is 3.72. The van der Waals surface area contributed by atoms with Gasteiger partial charge in [-0.2, -0.15) is 0 Å². The fourth-order valence-corrected chi connectivity index (χ4v) is 1.29. The normalized spacial score (nSPS) is 11.4. The molecule has 0 aliphatic carbocycles. The lowest BCUT2D eigenvalue weighted by Gasteiger charge is -2.07. The first kappa shape index (κ1) is 10.8. The Morgan fingerprint density at radius 3 is 2.64 bits per heavy atom.